The fourth-order valence-electron chi connectivity index (χ4n) is 1.00. The molecule has 13 heavy (non-hydrogen) atoms. The van der Waals surface area contributed by atoms with Crippen LogP contribution in [-0.2, 0) is 9.59 Å². The number of rotatable bonds is 7. The van der Waals surface area contributed by atoms with E-state index < -0.39 is 5.91 Å². The Morgan fingerprint density at radius 2 is 1.92 bits per heavy atom. The number of unbranched alkanes of at least 4 members (excludes halogenated alkanes) is 3. The Labute approximate surface area is 78.9 Å². The predicted octanol–water partition coefficient (Wildman–Crippen LogP) is 0.558. The lowest BCUT2D eigenvalue weighted by Gasteiger charge is -2.02. The van der Waals surface area contributed by atoms with Crippen molar-refractivity contribution in [3.8, 4) is 0 Å². The summed E-state index contributed by atoms with van der Waals surface area (Å²) >= 11 is 0. The molecule has 0 aromatic heterocycles. The number of hydrogen-bond acceptors (Lipinski definition) is 2. The molecule has 0 aliphatic carbocycles. The van der Waals surface area contributed by atoms with Gasteiger partial charge in [-0.2, -0.15) is 0 Å². The Morgan fingerprint density at radius 1 is 1.23 bits per heavy atom. The Bertz CT molecular complexity index is 169. The lowest BCUT2D eigenvalue weighted by molar-refractivity contribution is -0.127. The number of carbonyl (C=O) groups is 2. The summed E-state index contributed by atoms with van der Waals surface area (Å²) in [5.41, 5.74) is 4.85. The summed E-state index contributed by atoms with van der Waals surface area (Å²) in [6.07, 6.45) is 4.25. The van der Waals surface area contributed by atoms with Crippen molar-refractivity contribution >= 4 is 11.8 Å². The van der Waals surface area contributed by atoms with E-state index >= 15 is 0 Å². The number of hydrogen-bond donors (Lipinski definition) is 2. The molecule has 2 amide bonds. The Balaban J connectivity index is 3.22. The zero-order valence-electron chi connectivity index (χ0n) is 8.14. The first-order valence-electron chi connectivity index (χ1n) is 4.71. The van der Waals surface area contributed by atoms with Gasteiger partial charge >= 0.3 is 0 Å². The van der Waals surface area contributed by atoms with E-state index in [4.69, 9.17) is 5.73 Å². The monoisotopic (exact) mass is 186 g/mol. The minimum Gasteiger partial charge on any atom is -0.369 e. The highest BCUT2D eigenvalue weighted by Crippen LogP contribution is 1.96. The average Bonchev–Trinajstić information content (AvgIpc) is 2.02. The van der Waals surface area contributed by atoms with E-state index in [2.05, 4.69) is 12.2 Å². The number of carbonyl (C=O) groups excluding carboxylic acids is 2. The van der Waals surface area contributed by atoms with Crippen LogP contribution in [0.15, 0.2) is 0 Å². The molecule has 4 heteroatoms. The number of nitrogens with two attached hydrogens (primary N) is 1. The highest BCUT2D eigenvalue weighted by atomic mass is 16.2. The normalized spacial score (nSPS) is 9.62. The molecule has 0 saturated carbocycles. The summed E-state index contributed by atoms with van der Waals surface area (Å²) in [6.45, 7) is 2.78. The van der Waals surface area contributed by atoms with Crippen LogP contribution in [0.5, 0.6) is 0 Å². The van der Waals surface area contributed by atoms with Gasteiger partial charge in [0.15, 0.2) is 0 Å². The summed E-state index contributed by atoms with van der Waals surface area (Å²) in [4.78, 5) is 21.2. The van der Waals surface area contributed by atoms with Gasteiger partial charge < -0.3 is 11.1 Å². The van der Waals surface area contributed by atoms with Crippen molar-refractivity contribution < 1.29 is 9.59 Å². The van der Waals surface area contributed by atoms with Crippen molar-refractivity contribution in [1.82, 2.24) is 5.32 Å². The van der Waals surface area contributed by atoms with Crippen molar-refractivity contribution in [3.05, 3.63) is 0 Å². The summed E-state index contributed by atoms with van der Waals surface area (Å²) in [6, 6.07) is 0. The molecule has 0 aromatic rings. The maximum Gasteiger partial charge on any atom is 0.229 e. The van der Waals surface area contributed by atoms with Crippen LogP contribution in [0.4, 0.5) is 0 Å². The van der Waals surface area contributed by atoms with E-state index in [1.54, 1.807) is 0 Å². The van der Waals surface area contributed by atoms with Gasteiger partial charge in [-0.05, 0) is 6.42 Å². The minimum absolute atomic E-state index is 0.201. The Hall–Kier alpha value is -1.06. The van der Waals surface area contributed by atoms with E-state index in [-0.39, 0.29) is 12.3 Å². The molecule has 0 fully saturated rings. The third kappa shape index (κ3) is 8.85. The second-order valence-corrected chi connectivity index (χ2v) is 3.05. The first-order chi connectivity index (χ1) is 6.16. The molecule has 0 unspecified atom stereocenters. The van der Waals surface area contributed by atoms with Crippen molar-refractivity contribution in [2.24, 2.45) is 5.73 Å². The fourth-order valence-corrected chi connectivity index (χ4v) is 1.00. The van der Waals surface area contributed by atoms with Gasteiger partial charge in [-0.3, -0.25) is 9.59 Å². The van der Waals surface area contributed by atoms with E-state index in [1.807, 2.05) is 0 Å². The first kappa shape index (κ1) is 11.9. The van der Waals surface area contributed by atoms with Crippen LogP contribution in [0.1, 0.15) is 39.0 Å². The van der Waals surface area contributed by atoms with Crippen LogP contribution in [0.25, 0.3) is 0 Å². The van der Waals surface area contributed by atoms with Crippen LogP contribution < -0.4 is 11.1 Å². The maximum absolute atomic E-state index is 10.9. The molecule has 0 radical (unpaired) electrons. The fraction of sp³-hybridized carbons (Fsp3) is 0.778. The topological polar surface area (TPSA) is 72.2 Å². The molecule has 76 valence electrons. The van der Waals surface area contributed by atoms with Gasteiger partial charge in [-0.1, -0.05) is 26.2 Å². The Kier molecular flexibility index (Phi) is 6.96. The molecule has 4 nitrogen and oxygen atoms in total. The molecule has 0 aliphatic rings. The molecule has 0 saturated heterocycles. The number of nitrogens with one attached hydrogen (secondary N) is 1. The van der Waals surface area contributed by atoms with Crippen LogP contribution >= 0.6 is 0 Å². The van der Waals surface area contributed by atoms with Crippen molar-refractivity contribution in [2.75, 3.05) is 6.54 Å². The van der Waals surface area contributed by atoms with Crippen molar-refractivity contribution in [3.63, 3.8) is 0 Å². The zero-order chi connectivity index (χ0) is 10.1. The average molecular weight is 186 g/mol. The largest absolute Gasteiger partial charge is 0.369 e. The maximum atomic E-state index is 10.9. The second kappa shape index (κ2) is 7.58. The molecule has 0 aromatic carbocycles. The molecule has 3 N–H and O–H groups in total. The van der Waals surface area contributed by atoms with Gasteiger partial charge in [0.25, 0.3) is 0 Å². The van der Waals surface area contributed by atoms with Crippen molar-refractivity contribution in [2.45, 2.75) is 39.0 Å². The molecule has 0 atom stereocenters. The second-order valence-electron chi connectivity index (χ2n) is 3.05. The predicted molar refractivity (Wildman–Crippen MR) is 51.0 cm³/mol. The van der Waals surface area contributed by atoms with E-state index in [1.165, 1.54) is 12.8 Å². The number of primary amides is 1. The lowest BCUT2D eigenvalue weighted by Crippen LogP contribution is -2.29. The van der Waals surface area contributed by atoms with Crippen LogP contribution in [-0.4, -0.2) is 18.4 Å². The minimum atomic E-state index is -0.578. The SMILES string of the molecule is CCCCCCNC(=O)CC(N)=O. The Morgan fingerprint density at radius 3 is 2.46 bits per heavy atom. The van der Waals surface area contributed by atoms with Crippen LogP contribution in [0.3, 0.4) is 0 Å². The summed E-state index contributed by atoms with van der Waals surface area (Å²) in [5.74, 6) is -0.852. The smallest absolute Gasteiger partial charge is 0.229 e. The summed E-state index contributed by atoms with van der Waals surface area (Å²) in [5, 5.41) is 2.63. The standard InChI is InChI=1S/C9H18N2O2/c1-2-3-4-5-6-11-9(13)7-8(10)12/h2-7H2,1H3,(H2,10,12)(H,11,13). The first-order valence-corrected chi connectivity index (χ1v) is 4.71. The van der Waals surface area contributed by atoms with Gasteiger partial charge in [0.1, 0.15) is 6.42 Å². The summed E-state index contributed by atoms with van der Waals surface area (Å²) in [7, 11) is 0. The summed E-state index contributed by atoms with van der Waals surface area (Å²) < 4.78 is 0. The van der Waals surface area contributed by atoms with Gasteiger partial charge in [0.2, 0.25) is 11.8 Å². The zero-order valence-corrected chi connectivity index (χ0v) is 8.14. The molecule has 0 aliphatic heterocycles. The van der Waals surface area contributed by atoms with E-state index in [0.717, 1.165) is 12.8 Å². The van der Waals surface area contributed by atoms with Gasteiger partial charge in [-0.25, -0.2) is 0 Å². The van der Waals surface area contributed by atoms with Crippen molar-refractivity contribution in [1.29, 1.82) is 0 Å². The molecule has 0 heterocycles. The third-order valence-electron chi connectivity index (χ3n) is 1.69. The molecular formula is C9H18N2O2. The van der Waals surface area contributed by atoms with Gasteiger partial charge in [0, 0.05) is 6.54 Å². The molecule has 0 rings (SSSR count). The highest BCUT2D eigenvalue weighted by Gasteiger charge is 2.03. The lowest BCUT2D eigenvalue weighted by atomic mass is 10.2. The van der Waals surface area contributed by atoms with Crippen LogP contribution in [0, 0.1) is 0 Å². The van der Waals surface area contributed by atoms with Gasteiger partial charge in [0.05, 0.1) is 0 Å². The number of amides is 2. The highest BCUT2D eigenvalue weighted by molar-refractivity contribution is 5.95. The quantitative estimate of drug-likeness (QED) is 0.450. The van der Waals surface area contributed by atoms with Gasteiger partial charge in [-0.15, -0.1) is 0 Å². The molecular weight excluding hydrogens is 168 g/mol. The third-order valence-corrected chi connectivity index (χ3v) is 1.69. The molecule has 0 bridgehead atoms. The van der Waals surface area contributed by atoms with E-state index in [0.29, 0.717) is 6.54 Å². The van der Waals surface area contributed by atoms with Crippen LogP contribution in [0.2, 0.25) is 0 Å². The van der Waals surface area contributed by atoms with E-state index in [9.17, 15) is 9.59 Å². The molecule has 0 spiro atoms.